The van der Waals surface area contributed by atoms with E-state index in [-0.39, 0.29) is 12.5 Å². The molecule has 0 heterocycles. The van der Waals surface area contributed by atoms with Crippen molar-refractivity contribution in [2.75, 3.05) is 0 Å². The van der Waals surface area contributed by atoms with Crippen molar-refractivity contribution in [3.05, 3.63) is 0 Å². The second-order valence-corrected chi connectivity index (χ2v) is 3.62. The van der Waals surface area contributed by atoms with Gasteiger partial charge in [0.1, 0.15) is 0 Å². The molecule has 0 aromatic heterocycles. The van der Waals surface area contributed by atoms with Gasteiger partial charge in [-0.2, -0.15) is 0 Å². The van der Waals surface area contributed by atoms with E-state index in [9.17, 15) is 9.90 Å². The summed E-state index contributed by atoms with van der Waals surface area (Å²) < 4.78 is 0. The zero-order valence-corrected chi connectivity index (χ0v) is 7.20. The summed E-state index contributed by atoms with van der Waals surface area (Å²) in [5, 5.41) is 17.7. The normalized spacial score (nSPS) is 30.1. The molecule has 0 aliphatic heterocycles. The molecular weight excluding hydrogens is 156 g/mol. The van der Waals surface area contributed by atoms with Crippen molar-refractivity contribution in [2.24, 2.45) is 5.92 Å². The monoisotopic (exact) mass is 172 g/mol. The molecule has 0 spiro atoms. The molecule has 12 heavy (non-hydrogen) atoms. The lowest BCUT2D eigenvalue weighted by Crippen LogP contribution is -2.20. The highest BCUT2D eigenvalue weighted by atomic mass is 16.4. The van der Waals surface area contributed by atoms with Crippen molar-refractivity contribution in [1.29, 1.82) is 0 Å². The Hall–Kier alpha value is -0.570. The Bertz CT molecular complexity index is 156. The average Bonchev–Trinajstić information content (AvgIpc) is 2.01. The summed E-state index contributed by atoms with van der Waals surface area (Å²) in [6, 6.07) is 0. The fourth-order valence-corrected chi connectivity index (χ4v) is 1.85. The average molecular weight is 172 g/mol. The van der Waals surface area contributed by atoms with Gasteiger partial charge < -0.3 is 10.2 Å². The summed E-state index contributed by atoms with van der Waals surface area (Å²) in [6.45, 7) is 0. The molecule has 2 atom stereocenters. The lowest BCUT2D eigenvalue weighted by Gasteiger charge is -2.25. The molecule has 0 saturated heterocycles. The van der Waals surface area contributed by atoms with Crippen LogP contribution in [0.25, 0.3) is 0 Å². The lowest BCUT2D eigenvalue weighted by molar-refractivity contribution is -0.137. The molecule has 0 bridgehead atoms. The van der Waals surface area contributed by atoms with Gasteiger partial charge in [-0.25, -0.2) is 0 Å². The molecule has 0 aromatic carbocycles. The second-order valence-electron chi connectivity index (χ2n) is 3.62. The second kappa shape index (κ2) is 4.45. The Morgan fingerprint density at radius 3 is 2.75 bits per heavy atom. The largest absolute Gasteiger partial charge is 0.481 e. The number of carboxylic acids is 1. The Kier molecular flexibility index (Phi) is 3.53. The summed E-state index contributed by atoms with van der Waals surface area (Å²) in [4.78, 5) is 10.3. The topological polar surface area (TPSA) is 57.5 Å². The van der Waals surface area contributed by atoms with Gasteiger partial charge in [0.2, 0.25) is 0 Å². The van der Waals surface area contributed by atoms with Crippen molar-refractivity contribution >= 4 is 5.97 Å². The first-order valence-corrected chi connectivity index (χ1v) is 4.58. The number of rotatable bonds is 3. The highest BCUT2D eigenvalue weighted by Crippen LogP contribution is 2.27. The molecule has 0 unspecified atom stereocenters. The summed E-state index contributed by atoms with van der Waals surface area (Å²) in [5.74, 6) is -0.292. The molecule has 0 aromatic rings. The molecule has 3 heteroatoms. The number of aliphatic hydroxyl groups is 1. The molecule has 1 saturated carbocycles. The van der Waals surface area contributed by atoms with Crippen molar-refractivity contribution in [2.45, 2.75) is 44.6 Å². The first kappa shape index (κ1) is 9.52. The molecule has 0 radical (unpaired) electrons. The third-order valence-electron chi connectivity index (χ3n) is 2.52. The molecule has 1 aliphatic rings. The van der Waals surface area contributed by atoms with E-state index in [1.807, 2.05) is 0 Å². The van der Waals surface area contributed by atoms with Gasteiger partial charge in [0.25, 0.3) is 0 Å². The summed E-state index contributed by atoms with van der Waals surface area (Å²) in [6.07, 6.45) is 4.62. The molecule has 3 nitrogen and oxygen atoms in total. The predicted molar refractivity (Wildman–Crippen MR) is 44.8 cm³/mol. The fourth-order valence-electron chi connectivity index (χ4n) is 1.85. The van der Waals surface area contributed by atoms with Crippen LogP contribution in [0.2, 0.25) is 0 Å². The van der Waals surface area contributed by atoms with Gasteiger partial charge in [-0.1, -0.05) is 12.8 Å². The Balaban J connectivity index is 2.18. The highest BCUT2D eigenvalue weighted by molar-refractivity contribution is 5.66. The van der Waals surface area contributed by atoms with Gasteiger partial charge >= 0.3 is 5.97 Å². The molecule has 1 aliphatic carbocycles. The third kappa shape index (κ3) is 3.22. The van der Waals surface area contributed by atoms with Crippen molar-refractivity contribution in [1.82, 2.24) is 0 Å². The number of aliphatic hydroxyl groups excluding tert-OH is 1. The van der Waals surface area contributed by atoms with E-state index in [0.29, 0.717) is 5.92 Å². The molecule has 1 rings (SSSR count). The van der Waals surface area contributed by atoms with E-state index in [0.717, 1.165) is 32.1 Å². The molecule has 1 fully saturated rings. The van der Waals surface area contributed by atoms with Crippen molar-refractivity contribution < 1.29 is 15.0 Å². The molecular formula is C9H16O3. The van der Waals surface area contributed by atoms with Gasteiger partial charge in [0, 0.05) is 6.42 Å². The van der Waals surface area contributed by atoms with Crippen molar-refractivity contribution in [3.63, 3.8) is 0 Å². The van der Waals surface area contributed by atoms with Gasteiger partial charge in [-0.3, -0.25) is 4.79 Å². The van der Waals surface area contributed by atoms with E-state index in [1.165, 1.54) is 0 Å². The smallest absolute Gasteiger partial charge is 0.303 e. The van der Waals surface area contributed by atoms with E-state index >= 15 is 0 Å². The number of aliphatic carboxylic acids is 1. The van der Waals surface area contributed by atoms with E-state index in [2.05, 4.69) is 0 Å². The van der Waals surface area contributed by atoms with Crippen LogP contribution in [0.15, 0.2) is 0 Å². The Morgan fingerprint density at radius 1 is 1.42 bits per heavy atom. The zero-order valence-electron chi connectivity index (χ0n) is 7.20. The number of hydrogen-bond acceptors (Lipinski definition) is 2. The van der Waals surface area contributed by atoms with Crippen LogP contribution >= 0.6 is 0 Å². The van der Waals surface area contributed by atoms with Gasteiger partial charge in [0.05, 0.1) is 6.10 Å². The van der Waals surface area contributed by atoms with Crippen LogP contribution in [-0.4, -0.2) is 22.3 Å². The third-order valence-corrected chi connectivity index (χ3v) is 2.52. The van der Waals surface area contributed by atoms with Crippen LogP contribution < -0.4 is 0 Å². The predicted octanol–water partition coefficient (Wildman–Crippen LogP) is 1.40. The van der Waals surface area contributed by atoms with Crippen LogP contribution in [0.1, 0.15) is 38.5 Å². The Labute approximate surface area is 72.4 Å². The minimum Gasteiger partial charge on any atom is -0.481 e. The maximum Gasteiger partial charge on any atom is 0.303 e. The van der Waals surface area contributed by atoms with E-state index in [4.69, 9.17) is 5.11 Å². The van der Waals surface area contributed by atoms with Crippen LogP contribution in [-0.2, 0) is 4.79 Å². The maximum atomic E-state index is 10.3. The Morgan fingerprint density at radius 2 is 2.17 bits per heavy atom. The summed E-state index contributed by atoms with van der Waals surface area (Å²) >= 11 is 0. The standard InChI is InChI=1S/C9H16O3/c10-8-3-1-2-7(6-8)4-5-9(11)12/h7-8,10H,1-6H2,(H,11,12)/t7-,8-/m1/s1. The number of carbonyl (C=O) groups is 1. The maximum absolute atomic E-state index is 10.3. The highest BCUT2D eigenvalue weighted by Gasteiger charge is 2.20. The molecule has 0 amide bonds. The molecule has 70 valence electrons. The first-order valence-electron chi connectivity index (χ1n) is 4.58. The van der Waals surface area contributed by atoms with Gasteiger partial charge in [0.15, 0.2) is 0 Å². The molecule has 2 N–H and O–H groups in total. The first-order chi connectivity index (χ1) is 5.68. The summed E-state index contributed by atoms with van der Waals surface area (Å²) in [7, 11) is 0. The van der Waals surface area contributed by atoms with Crippen LogP contribution in [0.4, 0.5) is 0 Å². The van der Waals surface area contributed by atoms with Crippen LogP contribution in [0, 0.1) is 5.92 Å². The lowest BCUT2D eigenvalue weighted by atomic mass is 9.84. The van der Waals surface area contributed by atoms with E-state index in [1.54, 1.807) is 0 Å². The van der Waals surface area contributed by atoms with Gasteiger partial charge in [-0.15, -0.1) is 0 Å². The fraction of sp³-hybridized carbons (Fsp3) is 0.889. The minimum absolute atomic E-state index is 0.183. The number of hydrogen-bond donors (Lipinski definition) is 2. The van der Waals surface area contributed by atoms with Crippen LogP contribution in [0.3, 0.4) is 0 Å². The SMILES string of the molecule is O=C(O)CC[C@H]1CCC[C@@H](O)C1. The minimum atomic E-state index is -0.727. The quantitative estimate of drug-likeness (QED) is 0.676. The van der Waals surface area contributed by atoms with Crippen LogP contribution in [0.5, 0.6) is 0 Å². The zero-order chi connectivity index (χ0) is 8.97. The number of carboxylic acid groups (broad SMARTS) is 1. The van der Waals surface area contributed by atoms with Crippen molar-refractivity contribution in [3.8, 4) is 0 Å². The summed E-state index contributed by atoms with van der Waals surface area (Å²) in [5.41, 5.74) is 0. The van der Waals surface area contributed by atoms with E-state index < -0.39 is 5.97 Å². The van der Waals surface area contributed by atoms with Gasteiger partial charge in [-0.05, 0) is 25.2 Å².